The molecule has 11 heteroatoms. The minimum absolute atomic E-state index is 0.0167. The highest BCUT2D eigenvalue weighted by atomic mass is 19.4. The minimum Gasteiger partial charge on any atom is -0.484 e. The molecular weight excluding hydrogens is 487 g/mol. The fourth-order valence-electron chi connectivity index (χ4n) is 3.83. The van der Waals surface area contributed by atoms with Crippen LogP contribution in [-0.2, 0) is 11.0 Å². The second-order valence-corrected chi connectivity index (χ2v) is 8.38. The van der Waals surface area contributed by atoms with E-state index in [1.165, 1.54) is 18.3 Å². The number of urea groups is 1. The average Bonchev–Trinajstić information content (AvgIpc) is 3.15. The molecule has 1 aliphatic rings. The monoisotopic (exact) mass is 513 g/mol. The molecule has 1 fully saturated rings. The fourth-order valence-corrected chi connectivity index (χ4v) is 3.83. The molecule has 1 aliphatic heterocycles. The first-order valence-electron chi connectivity index (χ1n) is 11.7. The van der Waals surface area contributed by atoms with Crippen LogP contribution in [0.25, 0.3) is 0 Å². The topological polar surface area (TPSA) is 86.8 Å². The van der Waals surface area contributed by atoms with Gasteiger partial charge in [0.1, 0.15) is 11.6 Å². The van der Waals surface area contributed by atoms with Crippen LogP contribution in [0.4, 0.5) is 35.2 Å². The number of carbonyl (C=O) groups excluding carboxylic acids is 2. The second kappa shape index (κ2) is 11.6. The van der Waals surface area contributed by atoms with Crippen molar-refractivity contribution in [3.8, 4) is 5.75 Å². The number of nitrogens with one attached hydrogen (secondary N) is 2. The van der Waals surface area contributed by atoms with Crippen molar-refractivity contribution in [1.29, 1.82) is 0 Å². The van der Waals surface area contributed by atoms with E-state index in [9.17, 15) is 22.8 Å². The van der Waals surface area contributed by atoms with Crippen LogP contribution in [-0.4, -0.2) is 54.6 Å². The van der Waals surface area contributed by atoms with Gasteiger partial charge in [-0.3, -0.25) is 4.79 Å². The first-order chi connectivity index (χ1) is 17.8. The van der Waals surface area contributed by atoms with Gasteiger partial charge in [0.05, 0.1) is 17.4 Å². The molecule has 2 heterocycles. The van der Waals surface area contributed by atoms with Crippen LogP contribution >= 0.6 is 0 Å². The summed E-state index contributed by atoms with van der Waals surface area (Å²) >= 11 is 0. The van der Waals surface area contributed by atoms with Crippen LogP contribution in [0.2, 0.25) is 0 Å². The number of para-hydroxylation sites is 1. The highest BCUT2D eigenvalue weighted by molar-refractivity contribution is 5.99. The van der Waals surface area contributed by atoms with Gasteiger partial charge in [-0.2, -0.15) is 13.2 Å². The molecule has 1 aromatic heterocycles. The van der Waals surface area contributed by atoms with E-state index in [1.54, 1.807) is 29.2 Å². The van der Waals surface area contributed by atoms with E-state index in [0.717, 1.165) is 25.1 Å². The molecule has 0 unspecified atom stereocenters. The van der Waals surface area contributed by atoms with Gasteiger partial charge < -0.3 is 25.2 Å². The number of halogens is 3. The van der Waals surface area contributed by atoms with Gasteiger partial charge in [-0.1, -0.05) is 18.2 Å². The van der Waals surface area contributed by atoms with Crippen molar-refractivity contribution in [1.82, 2.24) is 9.88 Å². The number of aromatic nitrogens is 1. The maximum atomic E-state index is 12.7. The zero-order valence-electron chi connectivity index (χ0n) is 19.9. The Kier molecular flexibility index (Phi) is 8.11. The Hall–Kier alpha value is -4.28. The maximum Gasteiger partial charge on any atom is 0.416 e. The van der Waals surface area contributed by atoms with Crippen LogP contribution in [0.3, 0.4) is 0 Å². The van der Waals surface area contributed by atoms with Crippen LogP contribution in [0.15, 0.2) is 72.9 Å². The van der Waals surface area contributed by atoms with E-state index in [2.05, 4.69) is 20.5 Å². The Morgan fingerprint density at radius 3 is 2.24 bits per heavy atom. The number of amides is 3. The summed E-state index contributed by atoms with van der Waals surface area (Å²) in [4.78, 5) is 33.1. The summed E-state index contributed by atoms with van der Waals surface area (Å²) in [6.07, 6.45) is -2.16. The van der Waals surface area contributed by atoms with E-state index in [0.29, 0.717) is 36.9 Å². The Morgan fingerprint density at radius 2 is 1.57 bits per heavy atom. The number of nitrogens with zero attached hydrogens (tertiary/aromatic N) is 3. The first kappa shape index (κ1) is 25.8. The predicted octanol–water partition coefficient (Wildman–Crippen LogP) is 4.86. The van der Waals surface area contributed by atoms with Crippen LogP contribution in [0.5, 0.6) is 5.75 Å². The molecule has 8 nitrogen and oxygen atoms in total. The summed E-state index contributed by atoms with van der Waals surface area (Å²) in [5.41, 5.74) is -0.134. The summed E-state index contributed by atoms with van der Waals surface area (Å²) < 4.78 is 43.6. The third-order valence-corrected chi connectivity index (χ3v) is 5.75. The lowest BCUT2D eigenvalue weighted by Crippen LogP contribution is -2.38. The number of pyridine rings is 1. The SMILES string of the molecule is O=C(Nc1ccc(C(F)(F)F)cc1)Nc1ccc(N2CCCN(C(=O)COc3ccccc3)CC2)nc1. The molecular formula is C26H26F3N5O3. The molecule has 0 saturated carbocycles. The Labute approximate surface area is 212 Å². The van der Waals surface area contributed by atoms with E-state index >= 15 is 0 Å². The van der Waals surface area contributed by atoms with Gasteiger partial charge in [-0.15, -0.1) is 0 Å². The predicted molar refractivity (Wildman–Crippen MR) is 134 cm³/mol. The van der Waals surface area contributed by atoms with E-state index in [4.69, 9.17) is 4.74 Å². The van der Waals surface area contributed by atoms with Crippen molar-refractivity contribution in [2.24, 2.45) is 0 Å². The molecule has 0 spiro atoms. The van der Waals surface area contributed by atoms with E-state index in [-0.39, 0.29) is 18.2 Å². The lowest BCUT2D eigenvalue weighted by Gasteiger charge is -2.23. The molecule has 2 N–H and O–H groups in total. The van der Waals surface area contributed by atoms with Crippen molar-refractivity contribution in [2.45, 2.75) is 12.6 Å². The number of benzene rings is 2. The molecule has 3 amide bonds. The van der Waals surface area contributed by atoms with Crippen molar-refractivity contribution in [2.75, 3.05) is 48.3 Å². The summed E-state index contributed by atoms with van der Waals surface area (Å²) in [5, 5.41) is 5.10. The average molecular weight is 514 g/mol. The highest BCUT2D eigenvalue weighted by Crippen LogP contribution is 2.29. The van der Waals surface area contributed by atoms with Gasteiger partial charge in [0.25, 0.3) is 5.91 Å². The molecule has 37 heavy (non-hydrogen) atoms. The number of ether oxygens (including phenoxy) is 1. The number of carbonyl (C=O) groups is 2. The molecule has 0 radical (unpaired) electrons. The fraction of sp³-hybridized carbons (Fsp3) is 0.269. The van der Waals surface area contributed by atoms with Crippen molar-refractivity contribution in [3.05, 3.63) is 78.5 Å². The number of hydrogen-bond acceptors (Lipinski definition) is 5. The molecule has 3 aromatic rings. The summed E-state index contributed by atoms with van der Waals surface area (Å²) in [7, 11) is 0. The van der Waals surface area contributed by atoms with Crippen molar-refractivity contribution >= 4 is 29.1 Å². The van der Waals surface area contributed by atoms with Crippen molar-refractivity contribution in [3.63, 3.8) is 0 Å². The highest BCUT2D eigenvalue weighted by Gasteiger charge is 2.30. The standard InChI is InChI=1S/C26H26F3N5O3/c27-26(28,29)19-7-9-20(10-8-19)31-25(36)32-21-11-12-23(30-17-21)33-13-4-14-34(16-15-33)24(35)18-37-22-5-2-1-3-6-22/h1-3,5-12,17H,4,13-16,18H2,(H2,31,32,36). The Morgan fingerprint density at radius 1 is 0.865 bits per heavy atom. The lowest BCUT2D eigenvalue weighted by atomic mass is 10.2. The number of hydrogen-bond donors (Lipinski definition) is 2. The van der Waals surface area contributed by atoms with Gasteiger partial charge in [-0.05, 0) is 55.0 Å². The molecule has 0 atom stereocenters. The molecule has 0 bridgehead atoms. The first-order valence-corrected chi connectivity index (χ1v) is 11.7. The zero-order valence-corrected chi connectivity index (χ0v) is 19.9. The molecule has 194 valence electrons. The lowest BCUT2D eigenvalue weighted by molar-refractivity contribution is -0.137. The largest absolute Gasteiger partial charge is 0.484 e. The number of rotatable bonds is 6. The van der Waals surface area contributed by atoms with Gasteiger partial charge in [0, 0.05) is 31.9 Å². The van der Waals surface area contributed by atoms with Crippen molar-refractivity contribution < 1.29 is 27.5 Å². The summed E-state index contributed by atoms with van der Waals surface area (Å²) in [6.45, 7) is 2.46. The van der Waals surface area contributed by atoms with Gasteiger partial charge >= 0.3 is 12.2 Å². The van der Waals surface area contributed by atoms with Crippen LogP contribution in [0, 0.1) is 0 Å². The Bertz CT molecular complexity index is 1190. The smallest absolute Gasteiger partial charge is 0.416 e. The van der Waals surface area contributed by atoms with Gasteiger partial charge in [0.15, 0.2) is 6.61 Å². The van der Waals surface area contributed by atoms with Crippen LogP contribution in [0.1, 0.15) is 12.0 Å². The molecule has 1 saturated heterocycles. The third-order valence-electron chi connectivity index (χ3n) is 5.75. The summed E-state index contributed by atoms with van der Waals surface area (Å²) in [6, 6.07) is 16.2. The molecule has 4 rings (SSSR count). The number of alkyl halides is 3. The van der Waals surface area contributed by atoms with Crippen LogP contribution < -0.4 is 20.3 Å². The normalized spacial score (nSPS) is 14.0. The maximum absolute atomic E-state index is 12.7. The van der Waals surface area contributed by atoms with E-state index in [1.807, 2.05) is 18.2 Å². The van der Waals surface area contributed by atoms with Gasteiger partial charge in [0.2, 0.25) is 0 Å². The molecule has 2 aromatic carbocycles. The Balaban J connectivity index is 1.25. The minimum atomic E-state index is -4.44. The summed E-state index contributed by atoms with van der Waals surface area (Å²) in [5.74, 6) is 1.29. The second-order valence-electron chi connectivity index (χ2n) is 8.38. The number of anilines is 3. The van der Waals surface area contributed by atoms with Gasteiger partial charge in [-0.25, -0.2) is 9.78 Å². The van der Waals surface area contributed by atoms with E-state index < -0.39 is 17.8 Å². The molecule has 0 aliphatic carbocycles. The zero-order chi connectivity index (χ0) is 26.3. The third kappa shape index (κ3) is 7.35. The quantitative estimate of drug-likeness (QED) is 0.492.